The van der Waals surface area contributed by atoms with Crippen LogP contribution in [0.3, 0.4) is 0 Å². The van der Waals surface area contributed by atoms with Crippen LogP contribution in [0.2, 0.25) is 18.6 Å². The van der Waals surface area contributed by atoms with Gasteiger partial charge in [0.05, 0.1) is 6.61 Å². The lowest BCUT2D eigenvalue weighted by Crippen LogP contribution is -2.42. The van der Waals surface area contributed by atoms with Gasteiger partial charge in [-0.1, -0.05) is 32.1 Å². The van der Waals surface area contributed by atoms with E-state index in [0.717, 1.165) is 4.57 Å². The molecule has 1 aromatic heterocycles. The molecule has 0 radical (unpaired) electrons. The predicted octanol–water partition coefficient (Wildman–Crippen LogP) is 1.75. The third kappa shape index (κ3) is 4.38. The lowest BCUT2D eigenvalue weighted by molar-refractivity contribution is -0.0529. The van der Waals surface area contributed by atoms with Crippen molar-refractivity contribution >= 4 is 20.9 Å². The van der Waals surface area contributed by atoms with Crippen molar-refractivity contribution in [2.45, 2.75) is 75.3 Å². The van der Waals surface area contributed by atoms with Gasteiger partial charge in [0, 0.05) is 6.20 Å². The maximum Gasteiger partial charge on any atom is 0.351 e. The van der Waals surface area contributed by atoms with Crippen LogP contribution >= 0.6 is 0 Å². The van der Waals surface area contributed by atoms with Crippen molar-refractivity contribution in [1.82, 2.24) is 9.55 Å². The van der Waals surface area contributed by atoms with Gasteiger partial charge in [-0.3, -0.25) is 4.57 Å². The second-order valence-corrected chi connectivity index (χ2v) is 12.2. The highest BCUT2D eigenvalue weighted by atomic mass is 28.4. The van der Waals surface area contributed by atoms with E-state index in [4.69, 9.17) is 9.16 Å². The Morgan fingerprint density at radius 1 is 1.33 bits per heavy atom. The Bertz CT molecular complexity index is 719. The molecule has 2 aliphatic rings. The third-order valence-electron chi connectivity index (χ3n) is 5.80. The summed E-state index contributed by atoms with van der Waals surface area (Å²) < 4.78 is 13.2. The first kappa shape index (κ1) is 20.3. The molecular weight excluding hydrogens is 366 g/mol. The molecule has 0 aromatic carbocycles. The number of aromatic nitrogens is 2. The molecule has 2 heterocycles. The van der Waals surface area contributed by atoms with Gasteiger partial charge in [0.1, 0.15) is 18.3 Å². The molecule has 4 atom stereocenters. The maximum atomic E-state index is 12.1. The van der Waals surface area contributed by atoms with Crippen LogP contribution in [0.1, 0.15) is 38.3 Å². The van der Waals surface area contributed by atoms with Gasteiger partial charge >= 0.3 is 5.69 Å². The minimum absolute atomic E-state index is 0.199. The molecule has 1 aliphatic carbocycles. The largest absolute Gasteiger partial charge is 0.414 e. The van der Waals surface area contributed by atoms with Crippen molar-refractivity contribution in [3.63, 3.8) is 0 Å². The fourth-order valence-corrected chi connectivity index (χ4v) is 6.62. The van der Waals surface area contributed by atoms with E-state index in [1.54, 1.807) is 0 Å². The number of aliphatic imine (C=N–C) groups is 1. The van der Waals surface area contributed by atoms with E-state index in [2.05, 4.69) is 29.8 Å². The molecule has 4 unspecified atom stereocenters. The Labute approximate surface area is 160 Å². The smallest absolute Gasteiger partial charge is 0.351 e. The molecule has 0 bridgehead atoms. The van der Waals surface area contributed by atoms with Crippen molar-refractivity contribution in [2.75, 3.05) is 6.61 Å². The summed E-state index contributed by atoms with van der Waals surface area (Å²) in [7, 11) is -1.92. The van der Waals surface area contributed by atoms with Gasteiger partial charge in [0.15, 0.2) is 20.4 Å². The molecule has 1 aromatic rings. The fraction of sp³-hybridized carbons (Fsp3) is 0.722. The summed E-state index contributed by atoms with van der Waals surface area (Å²) in [5.74, 6) is 0.199. The van der Waals surface area contributed by atoms with E-state index in [1.807, 2.05) is 0 Å². The van der Waals surface area contributed by atoms with Gasteiger partial charge in [-0.2, -0.15) is 4.98 Å². The summed E-state index contributed by atoms with van der Waals surface area (Å²) in [6.07, 6.45) is 3.56. The van der Waals surface area contributed by atoms with E-state index in [0.29, 0.717) is 5.54 Å². The van der Waals surface area contributed by atoms with E-state index in [-0.39, 0.29) is 12.4 Å². The Balaban J connectivity index is 1.66. The second kappa shape index (κ2) is 8.32. The molecule has 2 fully saturated rings. The van der Waals surface area contributed by atoms with Crippen LogP contribution in [0.4, 0.5) is 5.82 Å². The summed E-state index contributed by atoms with van der Waals surface area (Å²) in [4.78, 5) is 19.5. The fourth-order valence-electron chi connectivity index (χ4n) is 3.99. The van der Waals surface area contributed by atoms with Gasteiger partial charge in [-0.05, 0) is 31.4 Å². The summed E-state index contributed by atoms with van der Waals surface area (Å²) in [6.45, 7) is 7.94. The number of ether oxygens (including phenoxy) is 1. The van der Waals surface area contributed by atoms with Crippen LogP contribution in [0, 0.1) is 0 Å². The maximum absolute atomic E-state index is 12.1. The number of rotatable bonds is 6. The lowest BCUT2D eigenvalue weighted by atomic mass is 10.0. The third-order valence-corrected chi connectivity index (χ3v) is 9.25. The monoisotopic (exact) mass is 395 g/mol. The van der Waals surface area contributed by atoms with Crippen molar-refractivity contribution in [2.24, 2.45) is 4.99 Å². The van der Waals surface area contributed by atoms with Gasteiger partial charge in [-0.15, -0.1) is 0 Å². The summed E-state index contributed by atoms with van der Waals surface area (Å²) in [6, 6.07) is 1.50. The number of nitrogens with zero attached hydrogens (tertiary/aromatic N) is 3. The SMILES string of the molecule is C=Nc1ccn(C2OC(CO[Si](C)(C)C3CCCCC3)C(O)C2O)c(=O)n1. The standard InChI is InChI=1S/C18H29N3O5Si/c1-19-14-9-10-21(18(24)20-14)17-16(23)15(22)13(26-17)11-25-27(2,3)12-7-5-4-6-8-12/h9-10,12-13,15-17,22-23H,1,4-8,11H2,2-3H3. The van der Waals surface area contributed by atoms with Crippen LogP contribution in [0.15, 0.2) is 22.1 Å². The Morgan fingerprint density at radius 2 is 2.04 bits per heavy atom. The lowest BCUT2D eigenvalue weighted by Gasteiger charge is -2.35. The van der Waals surface area contributed by atoms with Crippen LogP contribution in [-0.4, -0.2) is 59.7 Å². The quantitative estimate of drug-likeness (QED) is 0.561. The number of aliphatic hydroxyl groups is 2. The van der Waals surface area contributed by atoms with Gasteiger partial charge in [0.2, 0.25) is 0 Å². The minimum Gasteiger partial charge on any atom is -0.414 e. The van der Waals surface area contributed by atoms with Gasteiger partial charge < -0.3 is 19.4 Å². The molecule has 0 spiro atoms. The summed E-state index contributed by atoms with van der Waals surface area (Å²) >= 11 is 0. The molecule has 9 heteroatoms. The minimum atomic E-state index is -1.92. The van der Waals surface area contributed by atoms with Crippen LogP contribution < -0.4 is 5.69 Å². The van der Waals surface area contributed by atoms with Crippen molar-refractivity contribution in [3.8, 4) is 0 Å². The first-order valence-electron chi connectivity index (χ1n) is 9.55. The molecular formula is C18H29N3O5Si. The first-order valence-corrected chi connectivity index (χ1v) is 12.5. The summed E-state index contributed by atoms with van der Waals surface area (Å²) in [5.41, 5.74) is -0.00841. The van der Waals surface area contributed by atoms with Gasteiger partial charge in [0.25, 0.3) is 0 Å². The molecule has 150 valence electrons. The van der Waals surface area contributed by atoms with E-state index in [9.17, 15) is 15.0 Å². The normalized spacial score (nSPS) is 29.8. The topological polar surface area (TPSA) is 106 Å². The van der Waals surface area contributed by atoms with Crippen molar-refractivity contribution < 1.29 is 19.4 Å². The number of hydrogen-bond donors (Lipinski definition) is 2. The van der Waals surface area contributed by atoms with Crippen molar-refractivity contribution in [1.29, 1.82) is 0 Å². The van der Waals surface area contributed by atoms with Crippen LogP contribution in [0.5, 0.6) is 0 Å². The Kier molecular flexibility index (Phi) is 6.27. The van der Waals surface area contributed by atoms with Crippen LogP contribution in [-0.2, 0) is 9.16 Å². The molecule has 27 heavy (non-hydrogen) atoms. The second-order valence-electron chi connectivity index (χ2n) is 7.93. The molecule has 1 saturated heterocycles. The zero-order valence-electron chi connectivity index (χ0n) is 16.0. The first-order chi connectivity index (χ1) is 12.8. The highest BCUT2D eigenvalue weighted by molar-refractivity contribution is 6.72. The molecule has 0 amide bonds. The molecule has 3 rings (SSSR count). The molecule has 8 nitrogen and oxygen atoms in total. The van der Waals surface area contributed by atoms with Crippen molar-refractivity contribution in [3.05, 3.63) is 22.7 Å². The molecule has 2 N–H and O–H groups in total. The zero-order chi connectivity index (χ0) is 19.6. The van der Waals surface area contributed by atoms with Gasteiger partial charge in [-0.25, -0.2) is 9.79 Å². The highest BCUT2D eigenvalue weighted by Gasteiger charge is 2.45. The number of hydrogen-bond acceptors (Lipinski definition) is 7. The average molecular weight is 396 g/mol. The molecule has 1 aliphatic heterocycles. The predicted molar refractivity (Wildman–Crippen MR) is 104 cm³/mol. The summed E-state index contributed by atoms with van der Waals surface area (Å²) in [5, 5.41) is 20.8. The Hall–Kier alpha value is -1.39. The molecule has 1 saturated carbocycles. The highest BCUT2D eigenvalue weighted by Crippen LogP contribution is 2.38. The Morgan fingerprint density at radius 3 is 2.67 bits per heavy atom. The number of aliphatic hydroxyl groups excluding tert-OH is 2. The average Bonchev–Trinajstić information content (AvgIpc) is 2.95. The zero-order valence-corrected chi connectivity index (χ0v) is 17.0. The van der Waals surface area contributed by atoms with E-state index in [1.165, 1.54) is 44.4 Å². The van der Waals surface area contributed by atoms with E-state index >= 15 is 0 Å². The van der Waals surface area contributed by atoms with E-state index < -0.39 is 38.5 Å². The van der Waals surface area contributed by atoms with Crippen LogP contribution in [0.25, 0.3) is 0 Å².